The second-order valence-electron chi connectivity index (χ2n) is 6.90. The largest absolute Gasteiger partial charge is 0.381 e. The normalized spacial score (nSPS) is 18.1. The molecular weight excluding hydrogens is 258 g/mol. The van der Waals surface area contributed by atoms with E-state index < -0.39 is 0 Å². The molecule has 2 nitrogen and oxygen atoms in total. The van der Waals surface area contributed by atoms with Crippen molar-refractivity contribution in [3.63, 3.8) is 0 Å². The third kappa shape index (κ3) is 5.44. The van der Waals surface area contributed by atoms with E-state index in [1.807, 2.05) is 0 Å². The molecule has 1 saturated heterocycles. The fourth-order valence-corrected chi connectivity index (χ4v) is 3.30. The highest BCUT2D eigenvalue weighted by atomic mass is 16.5. The van der Waals surface area contributed by atoms with E-state index in [0.29, 0.717) is 11.8 Å². The van der Waals surface area contributed by atoms with Gasteiger partial charge >= 0.3 is 0 Å². The van der Waals surface area contributed by atoms with E-state index in [2.05, 4.69) is 50.4 Å². The number of rotatable bonds is 7. The Balaban J connectivity index is 2.00. The molecule has 0 amide bonds. The Morgan fingerprint density at radius 2 is 1.86 bits per heavy atom. The molecule has 1 unspecified atom stereocenters. The van der Waals surface area contributed by atoms with Crippen LogP contribution >= 0.6 is 0 Å². The zero-order chi connectivity index (χ0) is 15.1. The van der Waals surface area contributed by atoms with Gasteiger partial charge in [0.25, 0.3) is 0 Å². The summed E-state index contributed by atoms with van der Waals surface area (Å²) in [4.78, 5) is 0. The highest BCUT2D eigenvalue weighted by molar-refractivity contribution is 5.29. The van der Waals surface area contributed by atoms with E-state index in [1.54, 1.807) is 0 Å². The lowest BCUT2D eigenvalue weighted by atomic mass is 9.83. The van der Waals surface area contributed by atoms with Crippen molar-refractivity contribution >= 4 is 0 Å². The molecule has 1 aromatic rings. The van der Waals surface area contributed by atoms with E-state index in [0.717, 1.165) is 32.2 Å². The Bertz CT molecular complexity index is 410. The molecule has 1 fully saturated rings. The lowest BCUT2D eigenvalue weighted by molar-refractivity contribution is 0.0616. The van der Waals surface area contributed by atoms with Gasteiger partial charge < -0.3 is 10.1 Å². The molecule has 1 N–H and O–H groups in total. The van der Waals surface area contributed by atoms with Gasteiger partial charge in [-0.1, -0.05) is 38.1 Å². The minimum atomic E-state index is 0.632. The summed E-state index contributed by atoms with van der Waals surface area (Å²) in [6.07, 6.45) is 3.75. The molecular formula is C19H31NO. The molecule has 1 aliphatic rings. The smallest absolute Gasteiger partial charge is 0.0468 e. The van der Waals surface area contributed by atoms with Gasteiger partial charge in [-0.15, -0.1) is 0 Å². The second-order valence-corrected chi connectivity index (χ2v) is 6.90. The van der Waals surface area contributed by atoms with Crippen molar-refractivity contribution in [1.29, 1.82) is 0 Å². The predicted octanol–water partition coefficient (Wildman–Crippen LogP) is 4.14. The quantitative estimate of drug-likeness (QED) is 0.814. The molecule has 0 bridgehead atoms. The maximum absolute atomic E-state index is 5.51. The minimum Gasteiger partial charge on any atom is -0.381 e. The van der Waals surface area contributed by atoms with Crippen LogP contribution in [0.4, 0.5) is 0 Å². The first-order valence-electron chi connectivity index (χ1n) is 8.50. The Labute approximate surface area is 130 Å². The first-order chi connectivity index (χ1) is 10.2. The summed E-state index contributed by atoms with van der Waals surface area (Å²) in [5.41, 5.74) is 2.96. The fraction of sp³-hybridized carbons (Fsp3) is 0.684. The fourth-order valence-electron chi connectivity index (χ4n) is 3.30. The summed E-state index contributed by atoms with van der Waals surface area (Å²) in [7, 11) is 0. The van der Waals surface area contributed by atoms with Gasteiger partial charge in [0, 0.05) is 19.8 Å². The van der Waals surface area contributed by atoms with Gasteiger partial charge in [-0.2, -0.15) is 0 Å². The van der Waals surface area contributed by atoms with E-state index >= 15 is 0 Å². The molecule has 0 aliphatic carbocycles. The van der Waals surface area contributed by atoms with E-state index in [4.69, 9.17) is 4.74 Å². The van der Waals surface area contributed by atoms with Crippen LogP contribution in [0.25, 0.3) is 0 Å². The van der Waals surface area contributed by atoms with Gasteiger partial charge in [0.05, 0.1) is 0 Å². The van der Waals surface area contributed by atoms with E-state index in [1.165, 1.54) is 30.4 Å². The second kappa shape index (κ2) is 8.55. The van der Waals surface area contributed by atoms with Crippen LogP contribution in [0.2, 0.25) is 0 Å². The Kier molecular flexibility index (Phi) is 6.72. The van der Waals surface area contributed by atoms with Gasteiger partial charge in [-0.3, -0.25) is 0 Å². The standard InChI is InChI=1S/C19H31NO/c1-15(2)13-20-14-18(12-17-8-10-21-11-9-17)19-7-5-4-6-16(19)3/h4-7,15,17-18,20H,8-14H2,1-3H3. The van der Waals surface area contributed by atoms with E-state index in [9.17, 15) is 0 Å². The molecule has 2 heteroatoms. The Hall–Kier alpha value is -0.860. The Morgan fingerprint density at radius 3 is 2.52 bits per heavy atom. The van der Waals surface area contributed by atoms with Crippen LogP contribution in [0.5, 0.6) is 0 Å². The van der Waals surface area contributed by atoms with Gasteiger partial charge in [0.15, 0.2) is 0 Å². The van der Waals surface area contributed by atoms with Crippen LogP contribution in [0.15, 0.2) is 24.3 Å². The molecule has 2 rings (SSSR count). The average Bonchev–Trinajstić information content (AvgIpc) is 2.47. The maximum Gasteiger partial charge on any atom is 0.0468 e. The highest BCUT2D eigenvalue weighted by Gasteiger charge is 2.21. The summed E-state index contributed by atoms with van der Waals surface area (Å²) < 4.78 is 5.51. The number of hydrogen-bond donors (Lipinski definition) is 1. The molecule has 1 aromatic carbocycles. The predicted molar refractivity (Wildman–Crippen MR) is 89.8 cm³/mol. The summed E-state index contributed by atoms with van der Waals surface area (Å²) in [6, 6.07) is 8.89. The van der Waals surface area contributed by atoms with E-state index in [-0.39, 0.29) is 0 Å². The summed E-state index contributed by atoms with van der Waals surface area (Å²) in [5.74, 6) is 2.17. The van der Waals surface area contributed by atoms with Crippen molar-refractivity contribution in [2.24, 2.45) is 11.8 Å². The zero-order valence-corrected chi connectivity index (χ0v) is 13.9. The first kappa shape index (κ1) is 16.5. The van der Waals surface area contributed by atoms with Crippen molar-refractivity contribution in [2.75, 3.05) is 26.3 Å². The van der Waals surface area contributed by atoms with Crippen LogP contribution in [0, 0.1) is 18.8 Å². The molecule has 0 radical (unpaired) electrons. The zero-order valence-electron chi connectivity index (χ0n) is 13.9. The maximum atomic E-state index is 5.51. The first-order valence-corrected chi connectivity index (χ1v) is 8.50. The van der Waals surface area contributed by atoms with Crippen LogP contribution in [-0.4, -0.2) is 26.3 Å². The number of hydrogen-bond acceptors (Lipinski definition) is 2. The third-order valence-electron chi connectivity index (χ3n) is 4.53. The number of ether oxygens (including phenoxy) is 1. The molecule has 118 valence electrons. The molecule has 1 heterocycles. The molecule has 0 saturated carbocycles. The van der Waals surface area contributed by atoms with Crippen molar-refractivity contribution in [3.05, 3.63) is 35.4 Å². The molecule has 0 spiro atoms. The van der Waals surface area contributed by atoms with Crippen molar-refractivity contribution < 1.29 is 4.74 Å². The lowest BCUT2D eigenvalue weighted by Crippen LogP contribution is -2.28. The van der Waals surface area contributed by atoms with Crippen molar-refractivity contribution in [3.8, 4) is 0 Å². The van der Waals surface area contributed by atoms with Gasteiger partial charge in [0.2, 0.25) is 0 Å². The molecule has 0 aromatic heterocycles. The third-order valence-corrected chi connectivity index (χ3v) is 4.53. The summed E-state index contributed by atoms with van der Waals surface area (Å²) >= 11 is 0. The average molecular weight is 289 g/mol. The SMILES string of the molecule is Cc1ccccc1C(CNCC(C)C)CC1CCOCC1. The van der Waals surface area contributed by atoms with Crippen LogP contribution < -0.4 is 5.32 Å². The summed E-state index contributed by atoms with van der Waals surface area (Å²) in [5, 5.41) is 3.67. The van der Waals surface area contributed by atoms with Gasteiger partial charge in [0.1, 0.15) is 0 Å². The lowest BCUT2D eigenvalue weighted by Gasteiger charge is -2.28. The minimum absolute atomic E-state index is 0.632. The Morgan fingerprint density at radius 1 is 1.14 bits per heavy atom. The molecule has 21 heavy (non-hydrogen) atoms. The van der Waals surface area contributed by atoms with Gasteiger partial charge in [-0.05, 0) is 61.6 Å². The van der Waals surface area contributed by atoms with Crippen LogP contribution in [0.3, 0.4) is 0 Å². The summed E-state index contributed by atoms with van der Waals surface area (Å²) in [6.45, 7) is 10.9. The van der Waals surface area contributed by atoms with Crippen molar-refractivity contribution in [1.82, 2.24) is 5.32 Å². The van der Waals surface area contributed by atoms with Crippen molar-refractivity contribution in [2.45, 2.75) is 46.0 Å². The van der Waals surface area contributed by atoms with Gasteiger partial charge in [-0.25, -0.2) is 0 Å². The highest BCUT2D eigenvalue weighted by Crippen LogP contribution is 2.30. The molecule has 1 aliphatic heterocycles. The van der Waals surface area contributed by atoms with Crippen LogP contribution in [0.1, 0.15) is 50.2 Å². The monoisotopic (exact) mass is 289 g/mol. The number of benzene rings is 1. The number of nitrogens with one attached hydrogen (secondary N) is 1. The topological polar surface area (TPSA) is 21.3 Å². The molecule has 1 atom stereocenters. The number of aryl methyl sites for hydroxylation is 1. The van der Waals surface area contributed by atoms with Crippen LogP contribution in [-0.2, 0) is 4.74 Å².